The molecule has 0 unspecified atom stereocenters. The van der Waals surface area contributed by atoms with Crippen LogP contribution in [0.4, 0.5) is 4.79 Å². The van der Waals surface area contributed by atoms with Gasteiger partial charge < -0.3 is 15.4 Å². The van der Waals surface area contributed by atoms with E-state index in [2.05, 4.69) is 10.6 Å². The second-order valence-corrected chi connectivity index (χ2v) is 6.23. The van der Waals surface area contributed by atoms with Gasteiger partial charge in [-0.1, -0.05) is 0 Å². The van der Waals surface area contributed by atoms with Crippen molar-refractivity contribution in [2.24, 2.45) is 11.8 Å². The normalized spacial score (nSPS) is 29.1. The second kappa shape index (κ2) is 4.84. The van der Waals surface area contributed by atoms with Gasteiger partial charge in [-0.2, -0.15) is 0 Å². The number of nitrogens with one attached hydrogen (secondary N) is 2. The zero-order chi connectivity index (χ0) is 12.5. The molecule has 1 aliphatic carbocycles. The fourth-order valence-electron chi connectivity index (χ4n) is 2.61. The lowest BCUT2D eigenvalue weighted by molar-refractivity contribution is 0.0520. The van der Waals surface area contributed by atoms with E-state index in [4.69, 9.17) is 4.74 Å². The van der Waals surface area contributed by atoms with E-state index in [1.54, 1.807) is 0 Å². The summed E-state index contributed by atoms with van der Waals surface area (Å²) in [5.41, 5.74) is -0.414. The average molecular weight is 240 g/mol. The summed E-state index contributed by atoms with van der Waals surface area (Å²) in [5, 5.41) is 6.35. The van der Waals surface area contributed by atoms with Crippen molar-refractivity contribution in [2.75, 3.05) is 13.1 Å². The van der Waals surface area contributed by atoms with Gasteiger partial charge >= 0.3 is 6.09 Å². The third-order valence-corrected chi connectivity index (χ3v) is 3.49. The Bertz CT molecular complexity index is 282. The molecule has 1 saturated heterocycles. The Morgan fingerprint density at radius 3 is 2.65 bits per heavy atom. The van der Waals surface area contributed by atoms with E-state index < -0.39 is 5.60 Å². The highest BCUT2D eigenvalue weighted by Gasteiger charge is 2.39. The molecule has 2 atom stereocenters. The predicted molar refractivity (Wildman–Crippen MR) is 66.9 cm³/mol. The van der Waals surface area contributed by atoms with Gasteiger partial charge in [-0.25, -0.2) is 4.79 Å². The summed E-state index contributed by atoms with van der Waals surface area (Å²) in [7, 11) is 0. The van der Waals surface area contributed by atoms with E-state index in [0.29, 0.717) is 12.6 Å². The molecule has 1 heterocycles. The molecule has 2 rings (SSSR count). The first kappa shape index (κ1) is 12.7. The van der Waals surface area contributed by atoms with Crippen LogP contribution in [0.5, 0.6) is 0 Å². The lowest BCUT2D eigenvalue weighted by Crippen LogP contribution is -2.42. The average Bonchev–Trinajstić information content (AvgIpc) is 2.92. The largest absolute Gasteiger partial charge is 0.444 e. The Labute approximate surface area is 103 Å². The monoisotopic (exact) mass is 240 g/mol. The first-order chi connectivity index (χ1) is 7.96. The summed E-state index contributed by atoms with van der Waals surface area (Å²) in [5.74, 6) is 1.65. The molecule has 98 valence electrons. The van der Waals surface area contributed by atoms with Crippen molar-refractivity contribution in [3.63, 3.8) is 0 Å². The van der Waals surface area contributed by atoms with E-state index in [-0.39, 0.29) is 6.09 Å². The minimum Gasteiger partial charge on any atom is -0.444 e. The van der Waals surface area contributed by atoms with E-state index in [1.807, 2.05) is 20.8 Å². The van der Waals surface area contributed by atoms with E-state index in [0.717, 1.165) is 18.4 Å². The predicted octanol–water partition coefficient (Wildman–Crippen LogP) is 1.90. The van der Waals surface area contributed by atoms with Crippen LogP contribution in [0.2, 0.25) is 0 Å². The van der Waals surface area contributed by atoms with Crippen molar-refractivity contribution >= 4 is 6.09 Å². The van der Waals surface area contributed by atoms with Gasteiger partial charge in [0.15, 0.2) is 0 Å². The molecule has 4 heteroatoms. The molecule has 2 N–H and O–H groups in total. The van der Waals surface area contributed by atoms with Gasteiger partial charge in [0, 0.05) is 12.6 Å². The number of ether oxygens (including phenoxy) is 1. The Morgan fingerprint density at radius 1 is 1.35 bits per heavy atom. The van der Waals surface area contributed by atoms with Gasteiger partial charge in [0.2, 0.25) is 0 Å². The summed E-state index contributed by atoms with van der Waals surface area (Å²) in [6, 6.07) is 0.440. The van der Waals surface area contributed by atoms with Crippen molar-refractivity contribution in [2.45, 2.75) is 51.7 Å². The van der Waals surface area contributed by atoms with Crippen molar-refractivity contribution in [3.05, 3.63) is 0 Å². The zero-order valence-electron chi connectivity index (χ0n) is 11.1. The standard InChI is InChI=1S/C13H24N2O2/c1-13(2,3)17-12(16)15-8-11-10(6-7-14-11)9-4-5-9/h9-11,14H,4-8H2,1-3H3,(H,15,16)/t10-,11-/m1/s1. The highest BCUT2D eigenvalue weighted by molar-refractivity contribution is 5.67. The first-order valence-corrected chi connectivity index (χ1v) is 6.66. The van der Waals surface area contributed by atoms with Crippen LogP contribution in [0, 0.1) is 11.8 Å². The van der Waals surface area contributed by atoms with Crippen molar-refractivity contribution in [1.82, 2.24) is 10.6 Å². The smallest absolute Gasteiger partial charge is 0.407 e. The summed E-state index contributed by atoms with van der Waals surface area (Å²) in [6.45, 7) is 7.42. The minimum atomic E-state index is -0.414. The summed E-state index contributed by atoms with van der Waals surface area (Å²) >= 11 is 0. The number of hydrogen-bond acceptors (Lipinski definition) is 3. The second-order valence-electron chi connectivity index (χ2n) is 6.23. The minimum absolute atomic E-state index is 0.305. The van der Waals surface area contributed by atoms with Crippen LogP contribution in [-0.4, -0.2) is 30.8 Å². The molecule has 17 heavy (non-hydrogen) atoms. The van der Waals surface area contributed by atoms with E-state index >= 15 is 0 Å². The van der Waals surface area contributed by atoms with Crippen molar-refractivity contribution in [3.8, 4) is 0 Å². The summed E-state index contributed by atoms with van der Waals surface area (Å²) in [6.07, 6.45) is 3.69. The molecule has 1 saturated carbocycles. The summed E-state index contributed by atoms with van der Waals surface area (Å²) in [4.78, 5) is 11.5. The highest BCUT2D eigenvalue weighted by Crippen LogP contribution is 2.41. The van der Waals surface area contributed by atoms with Gasteiger partial charge in [0.1, 0.15) is 5.60 Å². The van der Waals surface area contributed by atoms with E-state index in [9.17, 15) is 4.79 Å². The molecule has 0 aromatic rings. The topological polar surface area (TPSA) is 50.4 Å². The van der Waals surface area contributed by atoms with Gasteiger partial charge in [-0.3, -0.25) is 0 Å². The van der Waals surface area contributed by atoms with Gasteiger partial charge in [0.25, 0.3) is 0 Å². The highest BCUT2D eigenvalue weighted by atomic mass is 16.6. The maximum absolute atomic E-state index is 11.5. The van der Waals surface area contributed by atoms with Crippen LogP contribution in [0.15, 0.2) is 0 Å². The Balaban J connectivity index is 1.72. The molecule has 0 aromatic carbocycles. The molecular weight excluding hydrogens is 216 g/mol. The first-order valence-electron chi connectivity index (χ1n) is 6.66. The number of carbonyl (C=O) groups is 1. The van der Waals surface area contributed by atoms with Crippen LogP contribution in [0.1, 0.15) is 40.0 Å². The third-order valence-electron chi connectivity index (χ3n) is 3.49. The molecule has 0 radical (unpaired) electrons. The molecular formula is C13H24N2O2. The SMILES string of the molecule is CC(C)(C)OC(=O)NC[C@H]1NCC[C@@H]1C1CC1. The quantitative estimate of drug-likeness (QED) is 0.792. The van der Waals surface area contributed by atoms with Crippen LogP contribution >= 0.6 is 0 Å². The summed E-state index contributed by atoms with van der Waals surface area (Å²) < 4.78 is 5.23. The Morgan fingerprint density at radius 2 is 2.06 bits per heavy atom. The molecule has 1 aliphatic heterocycles. The number of alkyl carbamates (subject to hydrolysis) is 1. The van der Waals surface area contributed by atoms with Crippen LogP contribution in [0.25, 0.3) is 0 Å². The lowest BCUT2D eigenvalue weighted by Gasteiger charge is -2.23. The van der Waals surface area contributed by atoms with Crippen LogP contribution in [-0.2, 0) is 4.74 Å². The van der Waals surface area contributed by atoms with Gasteiger partial charge in [0.05, 0.1) is 0 Å². The molecule has 4 nitrogen and oxygen atoms in total. The van der Waals surface area contributed by atoms with Crippen LogP contribution in [0.3, 0.4) is 0 Å². The molecule has 2 fully saturated rings. The number of hydrogen-bond donors (Lipinski definition) is 2. The Kier molecular flexibility index (Phi) is 3.61. The molecule has 0 spiro atoms. The Hall–Kier alpha value is -0.770. The van der Waals surface area contributed by atoms with Crippen molar-refractivity contribution < 1.29 is 9.53 Å². The van der Waals surface area contributed by atoms with Gasteiger partial charge in [-0.05, 0) is 58.4 Å². The zero-order valence-corrected chi connectivity index (χ0v) is 11.1. The number of amides is 1. The number of rotatable bonds is 3. The fourth-order valence-corrected chi connectivity index (χ4v) is 2.61. The maximum Gasteiger partial charge on any atom is 0.407 e. The third kappa shape index (κ3) is 3.87. The van der Waals surface area contributed by atoms with Crippen LogP contribution < -0.4 is 10.6 Å². The van der Waals surface area contributed by atoms with E-state index in [1.165, 1.54) is 19.3 Å². The molecule has 2 aliphatic rings. The maximum atomic E-state index is 11.5. The van der Waals surface area contributed by atoms with Gasteiger partial charge in [-0.15, -0.1) is 0 Å². The fraction of sp³-hybridized carbons (Fsp3) is 0.923. The molecule has 0 aromatic heterocycles. The van der Waals surface area contributed by atoms with Crippen molar-refractivity contribution in [1.29, 1.82) is 0 Å². The molecule has 1 amide bonds. The lowest BCUT2D eigenvalue weighted by atomic mass is 9.95. The molecule has 0 bridgehead atoms. The number of carbonyl (C=O) groups excluding carboxylic acids is 1.